The van der Waals surface area contributed by atoms with Crippen LogP contribution in [0.4, 0.5) is 0 Å². The van der Waals surface area contributed by atoms with Gasteiger partial charge in [0.05, 0.1) is 14.2 Å². The molecule has 2 amide bonds. The first-order chi connectivity index (χ1) is 19.5. The van der Waals surface area contributed by atoms with Crippen LogP contribution in [0.3, 0.4) is 0 Å². The van der Waals surface area contributed by atoms with Crippen LogP contribution in [-0.4, -0.2) is 49.6 Å². The third-order valence-corrected chi connectivity index (χ3v) is 7.58. The Bertz CT molecular complexity index is 1340. The van der Waals surface area contributed by atoms with Crippen molar-refractivity contribution in [1.82, 2.24) is 10.2 Å². The van der Waals surface area contributed by atoms with Crippen LogP contribution in [0.15, 0.2) is 72.8 Å². The molecule has 1 atom stereocenters. The first-order valence-corrected chi connectivity index (χ1v) is 13.8. The standard InChI is InChI=1S/C33H36N2O5/c1-38-30-16-12-23(19-31(30)39-2)13-17-32(36)35(29-9-5-6-18-34-33(29)37)22-24-10-14-27(15-11-24)40-28-20-25-7-3-4-8-26(25)21-28/h3-4,7-8,10-17,19,28-29H,5-6,9,18,20-22H2,1-2H3,(H,34,37)/b17-13+/t29-/m0/s1. The number of hydrogen-bond acceptors (Lipinski definition) is 5. The van der Waals surface area contributed by atoms with Crippen molar-refractivity contribution < 1.29 is 23.8 Å². The molecule has 3 aromatic rings. The second-order valence-corrected chi connectivity index (χ2v) is 10.3. The number of ether oxygens (including phenoxy) is 3. The van der Waals surface area contributed by atoms with Crippen LogP contribution in [0.1, 0.15) is 41.5 Å². The van der Waals surface area contributed by atoms with Crippen molar-refractivity contribution in [2.75, 3.05) is 20.8 Å². The van der Waals surface area contributed by atoms with Crippen molar-refractivity contribution in [3.8, 4) is 17.2 Å². The van der Waals surface area contributed by atoms with Gasteiger partial charge in [0.1, 0.15) is 17.9 Å². The summed E-state index contributed by atoms with van der Waals surface area (Å²) in [6.45, 7) is 0.957. The summed E-state index contributed by atoms with van der Waals surface area (Å²) in [7, 11) is 3.16. The molecule has 2 aliphatic rings. The fourth-order valence-electron chi connectivity index (χ4n) is 5.45. The van der Waals surface area contributed by atoms with Crippen LogP contribution in [-0.2, 0) is 29.0 Å². The second-order valence-electron chi connectivity index (χ2n) is 10.3. The fraction of sp³-hybridized carbons (Fsp3) is 0.333. The topological polar surface area (TPSA) is 77.1 Å². The summed E-state index contributed by atoms with van der Waals surface area (Å²) in [5.41, 5.74) is 4.43. The summed E-state index contributed by atoms with van der Waals surface area (Å²) >= 11 is 0. The Hall–Kier alpha value is -4.26. The summed E-state index contributed by atoms with van der Waals surface area (Å²) in [4.78, 5) is 28.1. The maximum atomic E-state index is 13.5. The molecule has 0 spiro atoms. The summed E-state index contributed by atoms with van der Waals surface area (Å²) in [6.07, 6.45) is 7.61. The molecule has 208 valence electrons. The van der Waals surface area contributed by atoms with E-state index in [9.17, 15) is 9.59 Å². The predicted octanol–water partition coefficient (Wildman–Crippen LogP) is 4.96. The van der Waals surface area contributed by atoms with Crippen LogP contribution in [0, 0.1) is 0 Å². The number of methoxy groups -OCH3 is 2. The van der Waals surface area contributed by atoms with Gasteiger partial charge in [-0.2, -0.15) is 0 Å². The molecule has 1 aliphatic carbocycles. The lowest BCUT2D eigenvalue weighted by Crippen LogP contribution is -2.47. The van der Waals surface area contributed by atoms with Crippen molar-refractivity contribution in [2.45, 2.75) is 50.8 Å². The second kappa shape index (κ2) is 12.7. The number of carbonyl (C=O) groups excluding carboxylic acids is 2. The van der Waals surface area contributed by atoms with Gasteiger partial charge in [0.25, 0.3) is 0 Å². The number of rotatable bonds is 9. The zero-order valence-electron chi connectivity index (χ0n) is 23.1. The zero-order valence-corrected chi connectivity index (χ0v) is 23.1. The Morgan fingerprint density at radius 1 is 0.950 bits per heavy atom. The minimum Gasteiger partial charge on any atom is -0.493 e. The van der Waals surface area contributed by atoms with E-state index in [0.29, 0.717) is 31.0 Å². The number of carbonyl (C=O) groups is 2. The highest BCUT2D eigenvalue weighted by molar-refractivity contribution is 5.95. The van der Waals surface area contributed by atoms with Crippen molar-refractivity contribution in [3.05, 3.63) is 95.1 Å². The van der Waals surface area contributed by atoms with Gasteiger partial charge in [0.2, 0.25) is 11.8 Å². The number of fused-ring (bicyclic) bond motifs is 1. The molecule has 0 unspecified atom stereocenters. The molecule has 7 heteroatoms. The summed E-state index contributed by atoms with van der Waals surface area (Å²) < 4.78 is 17.0. The lowest BCUT2D eigenvalue weighted by atomic mass is 10.1. The molecule has 40 heavy (non-hydrogen) atoms. The van der Waals surface area contributed by atoms with E-state index in [0.717, 1.165) is 42.6 Å². The molecular formula is C33H36N2O5. The lowest BCUT2D eigenvalue weighted by Gasteiger charge is -2.29. The average Bonchev–Trinajstić information content (AvgIpc) is 3.27. The maximum absolute atomic E-state index is 13.5. The highest BCUT2D eigenvalue weighted by Gasteiger charge is 2.30. The number of nitrogens with zero attached hydrogens (tertiary/aromatic N) is 1. The Morgan fingerprint density at radius 2 is 1.68 bits per heavy atom. The van der Waals surface area contributed by atoms with E-state index < -0.39 is 6.04 Å². The first kappa shape index (κ1) is 27.3. The summed E-state index contributed by atoms with van der Waals surface area (Å²) in [5.74, 6) is 1.68. The third-order valence-electron chi connectivity index (χ3n) is 7.58. The van der Waals surface area contributed by atoms with Crippen molar-refractivity contribution in [3.63, 3.8) is 0 Å². The van der Waals surface area contributed by atoms with Crippen molar-refractivity contribution in [1.29, 1.82) is 0 Å². The van der Waals surface area contributed by atoms with E-state index in [1.807, 2.05) is 36.4 Å². The molecule has 0 aromatic heterocycles. The van der Waals surface area contributed by atoms with Crippen LogP contribution in [0.2, 0.25) is 0 Å². The molecule has 1 heterocycles. The van der Waals surface area contributed by atoms with Gasteiger partial charge in [0, 0.05) is 32.0 Å². The lowest BCUT2D eigenvalue weighted by molar-refractivity contribution is -0.137. The average molecular weight is 541 g/mol. The van der Waals surface area contributed by atoms with Gasteiger partial charge in [-0.15, -0.1) is 0 Å². The Kier molecular flexibility index (Phi) is 8.69. The van der Waals surface area contributed by atoms with Crippen LogP contribution in [0.5, 0.6) is 17.2 Å². The van der Waals surface area contributed by atoms with Gasteiger partial charge in [-0.3, -0.25) is 9.59 Å². The smallest absolute Gasteiger partial charge is 0.247 e. The van der Waals surface area contributed by atoms with Gasteiger partial charge in [-0.25, -0.2) is 0 Å². The first-order valence-electron chi connectivity index (χ1n) is 13.8. The minimum absolute atomic E-state index is 0.105. The molecule has 3 aromatic carbocycles. The van der Waals surface area contributed by atoms with E-state index in [4.69, 9.17) is 14.2 Å². The Labute approximate surface area is 235 Å². The van der Waals surface area contributed by atoms with Gasteiger partial charge in [-0.05, 0) is 71.9 Å². The quantitative estimate of drug-likeness (QED) is 0.388. The van der Waals surface area contributed by atoms with E-state index in [1.165, 1.54) is 17.2 Å². The van der Waals surface area contributed by atoms with E-state index >= 15 is 0 Å². The SMILES string of the molecule is COc1ccc(/C=C/C(=O)N(Cc2ccc(OC3Cc4ccccc4C3)cc2)[C@H]2CCCCNC2=O)cc1OC. The molecule has 0 radical (unpaired) electrons. The monoisotopic (exact) mass is 540 g/mol. The molecule has 0 bridgehead atoms. The highest BCUT2D eigenvalue weighted by atomic mass is 16.5. The molecule has 0 saturated carbocycles. The largest absolute Gasteiger partial charge is 0.493 e. The number of amides is 2. The van der Waals surface area contributed by atoms with E-state index in [2.05, 4.69) is 29.6 Å². The van der Waals surface area contributed by atoms with Crippen LogP contribution in [0.25, 0.3) is 6.08 Å². The Balaban J connectivity index is 1.30. The van der Waals surface area contributed by atoms with Gasteiger partial charge >= 0.3 is 0 Å². The molecule has 1 saturated heterocycles. The molecule has 7 nitrogen and oxygen atoms in total. The molecule has 1 aliphatic heterocycles. The molecular weight excluding hydrogens is 504 g/mol. The fourth-order valence-corrected chi connectivity index (χ4v) is 5.45. The highest BCUT2D eigenvalue weighted by Crippen LogP contribution is 2.29. The zero-order chi connectivity index (χ0) is 27.9. The number of nitrogens with one attached hydrogen (secondary N) is 1. The van der Waals surface area contributed by atoms with Gasteiger partial charge in [-0.1, -0.05) is 42.5 Å². The van der Waals surface area contributed by atoms with Crippen LogP contribution < -0.4 is 19.5 Å². The van der Waals surface area contributed by atoms with E-state index in [1.54, 1.807) is 31.3 Å². The number of hydrogen-bond donors (Lipinski definition) is 1. The van der Waals surface area contributed by atoms with E-state index in [-0.39, 0.29) is 17.9 Å². The predicted molar refractivity (Wildman–Crippen MR) is 154 cm³/mol. The van der Waals surface area contributed by atoms with Gasteiger partial charge in [0.15, 0.2) is 11.5 Å². The summed E-state index contributed by atoms with van der Waals surface area (Å²) in [6, 6.07) is 21.3. The maximum Gasteiger partial charge on any atom is 0.247 e. The Morgan fingerprint density at radius 3 is 2.38 bits per heavy atom. The number of benzene rings is 3. The molecule has 5 rings (SSSR count). The van der Waals surface area contributed by atoms with Crippen LogP contribution >= 0.6 is 0 Å². The molecule has 1 fully saturated rings. The summed E-state index contributed by atoms with van der Waals surface area (Å²) in [5, 5.41) is 2.97. The molecule has 1 N–H and O–H groups in total. The van der Waals surface area contributed by atoms with Crippen molar-refractivity contribution in [2.24, 2.45) is 0 Å². The van der Waals surface area contributed by atoms with Crippen molar-refractivity contribution >= 4 is 17.9 Å². The minimum atomic E-state index is -0.530. The normalized spacial score (nSPS) is 17.1. The van der Waals surface area contributed by atoms with Gasteiger partial charge < -0.3 is 24.4 Å². The third kappa shape index (κ3) is 6.47.